The fraction of sp³-hybridized carbons (Fsp3) is 0.391. The second-order valence-electron chi connectivity index (χ2n) is 8.50. The summed E-state index contributed by atoms with van der Waals surface area (Å²) in [6.07, 6.45) is -6.22. The van der Waals surface area contributed by atoms with Gasteiger partial charge in [0, 0.05) is 12.2 Å². The van der Waals surface area contributed by atoms with Gasteiger partial charge in [-0.1, -0.05) is 25.1 Å². The van der Waals surface area contributed by atoms with E-state index in [0.717, 1.165) is 17.0 Å². The van der Waals surface area contributed by atoms with Crippen LogP contribution in [-0.4, -0.2) is 54.7 Å². The number of aliphatic hydroxyl groups is 2. The van der Waals surface area contributed by atoms with Crippen LogP contribution in [0.4, 0.5) is 18.9 Å². The smallest absolute Gasteiger partial charge is 0.383 e. The number of nitrogens with zero attached hydrogens (tertiary/aromatic N) is 1. The number of nitrogens with one attached hydrogen (secondary N) is 2. The first-order valence-electron chi connectivity index (χ1n) is 10.9. The van der Waals surface area contributed by atoms with Crippen LogP contribution in [-0.2, 0) is 31.8 Å². The fourth-order valence-corrected chi connectivity index (χ4v) is 4.60. The fourth-order valence-electron chi connectivity index (χ4n) is 3.82. The molecule has 0 spiro atoms. The molecule has 2 unspecified atom stereocenters. The lowest BCUT2D eigenvalue weighted by molar-refractivity contribution is -0.258. The highest BCUT2D eigenvalue weighted by Crippen LogP contribution is 2.39. The molecule has 1 aliphatic heterocycles. The lowest BCUT2D eigenvalue weighted by Crippen LogP contribution is -2.42. The Labute approximate surface area is 206 Å². The Morgan fingerprint density at radius 1 is 1.17 bits per heavy atom. The van der Waals surface area contributed by atoms with Crippen molar-refractivity contribution in [1.29, 1.82) is 0 Å². The average Bonchev–Trinajstić information content (AvgIpc) is 3.21. The molecular formula is C23H26F3N3O6S. The summed E-state index contributed by atoms with van der Waals surface area (Å²) >= 11 is 0. The second-order valence-corrected chi connectivity index (χ2v) is 10.4. The summed E-state index contributed by atoms with van der Waals surface area (Å²) < 4.78 is 65.8. The Balaban J connectivity index is 1.94. The summed E-state index contributed by atoms with van der Waals surface area (Å²) in [4.78, 5) is 27.1. The van der Waals surface area contributed by atoms with Crippen LogP contribution in [0.25, 0.3) is 0 Å². The van der Waals surface area contributed by atoms with E-state index in [2.05, 4.69) is 10.0 Å². The molecule has 0 aliphatic carbocycles. The molecule has 1 heterocycles. The molecule has 13 heteroatoms. The van der Waals surface area contributed by atoms with Crippen LogP contribution in [0, 0.1) is 0 Å². The lowest BCUT2D eigenvalue weighted by atomic mass is 9.95. The van der Waals surface area contributed by atoms with E-state index >= 15 is 0 Å². The van der Waals surface area contributed by atoms with E-state index in [1.54, 1.807) is 6.92 Å². The molecule has 1 aliphatic rings. The Kier molecular flexibility index (Phi) is 7.51. The number of sulfonamides is 1. The van der Waals surface area contributed by atoms with Crippen molar-refractivity contribution in [3.63, 3.8) is 0 Å². The quantitative estimate of drug-likeness (QED) is 0.434. The molecule has 0 saturated carbocycles. The van der Waals surface area contributed by atoms with Gasteiger partial charge in [0.25, 0.3) is 11.8 Å². The van der Waals surface area contributed by atoms with E-state index in [4.69, 9.17) is 0 Å². The van der Waals surface area contributed by atoms with Gasteiger partial charge in [0.15, 0.2) is 5.60 Å². The maximum absolute atomic E-state index is 13.2. The molecule has 0 bridgehead atoms. The van der Waals surface area contributed by atoms with E-state index in [9.17, 15) is 41.4 Å². The average molecular weight is 530 g/mol. The number of anilines is 1. The first kappa shape index (κ1) is 27.6. The van der Waals surface area contributed by atoms with Crippen molar-refractivity contribution in [2.45, 2.75) is 55.6 Å². The maximum Gasteiger partial charge on any atom is 0.421 e. The highest BCUT2D eigenvalue weighted by molar-refractivity contribution is 7.89. The van der Waals surface area contributed by atoms with Crippen molar-refractivity contribution in [3.05, 3.63) is 59.2 Å². The van der Waals surface area contributed by atoms with Crippen LogP contribution < -0.4 is 10.0 Å². The van der Waals surface area contributed by atoms with Crippen molar-refractivity contribution in [1.82, 2.24) is 9.62 Å². The molecule has 2 aromatic rings. The molecule has 2 amide bonds. The number of alkyl halides is 3. The van der Waals surface area contributed by atoms with Gasteiger partial charge in [-0.25, -0.2) is 13.1 Å². The third-order valence-electron chi connectivity index (χ3n) is 6.11. The van der Waals surface area contributed by atoms with Gasteiger partial charge in [-0.3, -0.25) is 9.59 Å². The van der Waals surface area contributed by atoms with Crippen LogP contribution in [0.15, 0.2) is 47.4 Å². The van der Waals surface area contributed by atoms with Gasteiger partial charge in [-0.05, 0) is 61.3 Å². The maximum atomic E-state index is 13.2. The summed E-state index contributed by atoms with van der Waals surface area (Å²) in [5.74, 6) is -1.45. The van der Waals surface area contributed by atoms with Crippen LogP contribution in [0.1, 0.15) is 43.0 Å². The van der Waals surface area contributed by atoms with E-state index < -0.39 is 51.3 Å². The number of carbonyl (C=O) groups excluding carboxylic acids is 2. The number of carbonyl (C=O) groups is 2. The topological polar surface area (TPSA) is 136 Å². The summed E-state index contributed by atoms with van der Waals surface area (Å²) in [7, 11) is -2.55. The van der Waals surface area contributed by atoms with Crippen molar-refractivity contribution >= 4 is 27.5 Å². The number of aliphatic hydroxyl groups excluding tert-OH is 1. The SMILES string of the molecule is CC[C@H](O)C(=O)N1Cc2cc(S(=O)(=O)NC)ccc2C1C(=O)Nc1ccc(C(C)(O)C(F)(F)F)cc1. The minimum atomic E-state index is -4.91. The van der Waals surface area contributed by atoms with Crippen molar-refractivity contribution < 1.29 is 41.4 Å². The Morgan fingerprint density at radius 2 is 1.78 bits per heavy atom. The third-order valence-corrected chi connectivity index (χ3v) is 7.52. The zero-order valence-electron chi connectivity index (χ0n) is 19.6. The number of hydrogen-bond acceptors (Lipinski definition) is 6. The Morgan fingerprint density at radius 3 is 2.31 bits per heavy atom. The van der Waals surface area contributed by atoms with Crippen molar-refractivity contribution in [2.75, 3.05) is 12.4 Å². The van der Waals surface area contributed by atoms with Crippen LogP contribution >= 0.6 is 0 Å². The number of halogens is 3. The highest BCUT2D eigenvalue weighted by Gasteiger charge is 2.51. The summed E-state index contributed by atoms with van der Waals surface area (Å²) in [6, 6.07) is 7.19. The molecule has 0 fully saturated rings. The van der Waals surface area contributed by atoms with E-state index in [1.807, 2.05) is 0 Å². The molecule has 0 radical (unpaired) electrons. The van der Waals surface area contributed by atoms with Gasteiger partial charge in [0.1, 0.15) is 12.1 Å². The molecule has 2 aromatic carbocycles. The molecule has 36 heavy (non-hydrogen) atoms. The first-order valence-corrected chi connectivity index (χ1v) is 12.4. The van der Waals surface area contributed by atoms with Crippen molar-refractivity contribution in [3.8, 4) is 0 Å². The molecule has 196 valence electrons. The van der Waals surface area contributed by atoms with E-state index in [-0.39, 0.29) is 23.5 Å². The van der Waals surface area contributed by atoms with Crippen LogP contribution in [0.5, 0.6) is 0 Å². The Hall–Kier alpha value is -3.00. The second kappa shape index (κ2) is 9.81. The van der Waals surface area contributed by atoms with Gasteiger partial charge in [-0.2, -0.15) is 13.2 Å². The predicted molar refractivity (Wildman–Crippen MR) is 123 cm³/mol. The molecule has 0 aromatic heterocycles. The first-order chi connectivity index (χ1) is 16.6. The predicted octanol–water partition coefficient (Wildman–Crippen LogP) is 2.16. The minimum absolute atomic E-state index is 0.0689. The number of fused-ring (bicyclic) bond motifs is 1. The monoisotopic (exact) mass is 529 g/mol. The van der Waals surface area contributed by atoms with E-state index in [0.29, 0.717) is 18.1 Å². The standard InChI is InChI=1S/C23H26F3N3O6S/c1-4-18(30)21(32)29-12-13-11-16(36(34,35)27-3)9-10-17(13)19(29)20(31)28-15-7-5-14(6-8-15)22(2,33)23(24,25)26/h5-11,18-19,27,30,33H,4,12H2,1-3H3,(H,28,31)/t18-,19?,22?/m0/s1. The van der Waals surface area contributed by atoms with Gasteiger partial charge in [0.2, 0.25) is 10.0 Å². The number of hydrogen-bond donors (Lipinski definition) is 4. The molecule has 3 rings (SSSR count). The van der Waals surface area contributed by atoms with Gasteiger partial charge >= 0.3 is 6.18 Å². The zero-order valence-corrected chi connectivity index (χ0v) is 20.4. The highest BCUT2D eigenvalue weighted by atomic mass is 32.2. The molecule has 9 nitrogen and oxygen atoms in total. The van der Waals surface area contributed by atoms with E-state index in [1.165, 1.54) is 37.4 Å². The number of amides is 2. The van der Waals surface area contributed by atoms with Gasteiger partial charge in [0.05, 0.1) is 4.90 Å². The number of rotatable bonds is 7. The Bertz CT molecular complexity index is 1260. The molecule has 0 saturated heterocycles. The minimum Gasteiger partial charge on any atom is -0.383 e. The molecule has 3 atom stereocenters. The zero-order chi connectivity index (χ0) is 27.1. The summed E-state index contributed by atoms with van der Waals surface area (Å²) in [6.45, 7) is 2.06. The largest absolute Gasteiger partial charge is 0.421 e. The molecular weight excluding hydrogens is 503 g/mol. The lowest BCUT2D eigenvalue weighted by Gasteiger charge is -2.27. The molecule has 4 N–H and O–H groups in total. The summed E-state index contributed by atoms with van der Waals surface area (Å²) in [5, 5.41) is 22.5. The van der Waals surface area contributed by atoms with Crippen molar-refractivity contribution in [2.24, 2.45) is 0 Å². The van der Waals surface area contributed by atoms with Gasteiger partial charge in [-0.15, -0.1) is 0 Å². The number of benzene rings is 2. The van der Waals surface area contributed by atoms with Crippen LogP contribution in [0.2, 0.25) is 0 Å². The normalized spacial score (nSPS) is 18.3. The third kappa shape index (κ3) is 5.09. The van der Waals surface area contributed by atoms with Crippen LogP contribution in [0.3, 0.4) is 0 Å². The summed E-state index contributed by atoms with van der Waals surface area (Å²) in [5.41, 5.74) is -2.69. The van der Waals surface area contributed by atoms with Gasteiger partial charge < -0.3 is 20.4 Å².